The molecule has 5 rings (SSSR count). The lowest BCUT2D eigenvalue weighted by Crippen LogP contribution is -2.16. The van der Waals surface area contributed by atoms with Crippen LogP contribution >= 0.6 is 15.9 Å². The summed E-state index contributed by atoms with van der Waals surface area (Å²) in [6.07, 6.45) is 0. The Kier molecular flexibility index (Phi) is 6.37. The largest absolute Gasteiger partial charge is 0.337 e. The van der Waals surface area contributed by atoms with E-state index in [1.807, 2.05) is 0 Å². The molecule has 0 unspecified atom stereocenters. The second kappa shape index (κ2) is 9.89. The third-order valence-corrected chi connectivity index (χ3v) is 6.63. The third-order valence-electron chi connectivity index (χ3n) is 5.86. The summed E-state index contributed by atoms with van der Waals surface area (Å²) in [5.74, 6) is 0. The van der Waals surface area contributed by atoms with E-state index in [1.54, 1.807) is 0 Å². The van der Waals surface area contributed by atoms with Gasteiger partial charge in [-0.3, -0.25) is 0 Å². The topological polar surface area (TPSA) is 3.24 Å². The zero-order chi connectivity index (χ0) is 22.5. The van der Waals surface area contributed by atoms with Crippen molar-refractivity contribution in [2.24, 2.45) is 0 Å². The average molecular weight is 490 g/mol. The molecule has 0 aliphatic rings. The van der Waals surface area contributed by atoms with E-state index < -0.39 is 0 Å². The number of rotatable bonds is 6. The fraction of sp³-hybridized carbons (Fsp3) is 0.0323. The van der Waals surface area contributed by atoms with Crippen LogP contribution in [0, 0.1) is 0 Å². The van der Waals surface area contributed by atoms with Gasteiger partial charge in [-0.1, -0.05) is 119 Å². The summed E-state index contributed by atoms with van der Waals surface area (Å²) in [5, 5.41) is 0. The van der Waals surface area contributed by atoms with Gasteiger partial charge in [-0.05, 0) is 58.1 Å². The number of benzene rings is 5. The monoisotopic (exact) mass is 489 g/mol. The van der Waals surface area contributed by atoms with Gasteiger partial charge in [-0.25, -0.2) is 0 Å². The first-order chi connectivity index (χ1) is 16.3. The lowest BCUT2D eigenvalue weighted by atomic mass is 10.0. The molecule has 0 amide bonds. The molecule has 0 saturated heterocycles. The van der Waals surface area contributed by atoms with E-state index in [0.29, 0.717) is 0 Å². The molecule has 0 aliphatic carbocycles. The number of hydrogen-bond acceptors (Lipinski definition) is 1. The first-order valence-corrected chi connectivity index (χ1v) is 11.9. The summed E-state index contributed by atoms with van der Waals surface area (Å²) in [4.78, 5) is 2.36. The van der Waals surface area contributed by atoms with Gasteiger partial charge in [0.2, 0.25) is 0 Å². The summed E-state index contributed by atoms with van der Waals surface area (Å²) in [6, 6.07) is 47.1. The van der Waals surface area contributed by atoms with Crippen molar-refractivity contribution in [3.63, 3.8) is 0 Å². The maximum Gasteiger partial charge on any atom is 0.0492 e. The van der Waals surface area contributed by atoms with Gasteiger partial charge in [-0.2, -0.15) is 0 Å². The van der Waals surface area contributed by atoms with Crippen molar-refractivity contribution < 1.29 is 0 Å². The van der Waals surface area contributed by atoms with Crippen LogP contribution in [-0.2, 0) is 6.54 Å². The molecule has 0 spiro atoms. The van der Waals surface area contributed by atoms with Crippen LogP contribution < -0.4 is 4.90 Å². The zero-order valence-electron chi connectivity index (χ0n) is 18.2. The summed E-state index contributed by atoms with van der Waals surface area (Å²) < 4.78 is 1.12. The zero-order valence-corrected chi connectivity index (χ0v) is 19.8. The van der Waals surface area contributed by atoms with E-state index in [4.69, 9.17) is 0 Å². The lowest BCUT2D eigenvalue weighted by molar-refractivity contribution is 0.970. The smallest absolute Gasteiger partial charge is 0.0492 e. The van der Waals surface area contributed by atoms with E-state index in [0.717, 1.165) is 22.4 Å². The van der Waals surface area contributed by atoms with Crippen LogP contribution in [0.25, 0.3) is 22.3 Å². The standard InChI is InChI=1S/C31H24BrN/c32-31-14-8-7-13-28(31)23-33(29-19-15-26(16-20-29)24-9-3-1-4-10-24)30-21-17-27(18-22-30)25-11-5-2-6-12-25/h1-22H,23H2. The van der Waals surface area contributed by atoms with Crippen LogP contribution in [0.3, 0.4) is 0 Å². The predicted molar refractivity (Wildman–Crippen MR) is 144 cm³/mol. The van der Waals surface area contributed by atoms with Crippen molar-refractivity contribution in [3.05, 3.63) is 143 Å². The Labute approximate surface area is 204 Å². The Hall–Kier alpha value is -3.62. The van der Waals surface area contributed by atoms with Crippen molar-refractivity contribution in [1.82, 2.24) is 0 Å². The van der Waals surface area contributed by atoms with Crippen LogP contribution in [0.15, 0.2) is 138 Å². The Morgan fingerprint density at radius 3 is 1.27 bits per heavy atom. The van der Waals surface area contributed by atoms with Crippen molar-refractivity contribution in [1.29, 1.82) is 0 Å². The van der Waals surface area contributed by atoms with Gasteiger partial charge in [0.15, 0.2) is 0 Å². The molecule has 0 heterocycles. The molecular weight excluding hydrogens is 466 g/mol. The molecule has 33 heavy (non-hydrogen) atoms. The first kappa shape index (κ1) is 21.2. The van der Waals surface area contributed by atoms with E-state index >= 15 is 0 Å². The highest BCUT2D eigenvalue weighted by Crippen LogP contribution is 2.33. The Morgan fingerprint density at radius 2 is 0.818 bits per heavy atom. The Morgan fingerprint density at radius 1 is 0.424 bits per heavy atom. The van der Waals surface area contributed by atoms with Crippen molar-refractivity contribution >= 4 is 27.3 Å². The molecule has 0 aliphatic heterocycles. The molecular formula is C31H24BrN. The SMILES string of the molecule is Brc1ccccc1CN(c1ccc(-c2ccccc2)cc1)c1ccc(-c2ccccc2)cc1. The molecule has 0 N–H and O–H groups in total. The molecule has 1 nitrogen and oxygen atoms in total. The van der Waals surface area contributed by atoms with E-state index in [1.165, 1.54) is 27.8 Å². The average Bonchev–Trinajstić information content (AvgIpc) is 2.90. The number of hydrogen-bond donors (Lipinski definition) is 0. The normalized spacial score (nSPS) is 10.7. The highest BCUT2D eigenvalue weighted by atomic mass is 79.9. The summed E-state index contributed by atoms with van der Waals surface area (Å²) >= 11 is 3.73. The molecule has 5 aromatic rings. The van der Waals surface area contributed by atoms with Gasteiger partial charge < -0.3 is 4.90 Å². The second-order valence-electron chi connectivity index (χ2n) is 8.00. The number of nitrogens with zero attached hydrogens (tertiary/aromatic N) is 1. The van der Waals surface area contributed by atoms with Gasteiger partial charge in [0.05, 0.1) is 0 Å². The lowest BCUT2D eigenvalue weighted by Gasteiger charge is -2.26. The molecule has 0 radical (unpaired) electrons. The van der Waals surface area contributed by atoms with Crippen LogP contribution in [0.4, 0.5) is 11.4 Å². The minimum absolute atomic E-state index is 0.775. The van der Waals surface area contributed by atoms with Crippen molar-refractivity contribution in [3.8, 4) is 22.3 Å². The molecule has 0 saturated carbocycles. The van der Waals surface area contributed by atoms with E-state index in [-0.39, 0.29) is 0 Å². The number of halogens is 1. The van der Waals surface area contributed by atoms with E-state index in [2.05, 4.69) is 154 Å². The minimum Gasteiger partial charge on any atom is -0.337 e. The van der Waals surface area contributed by atoms with Gasteiger partial charge in [0.1, 0.15) is 0 Å². The predicted octanol–water partition coefficient (Wildman–Crippen LogP) is 9.12. The molecule has 0 fully saturated rings. The van der Waals surface area contributed by atoms with Crippen LogP contribution in [-0.4, -0.2) is 0 Å². The van der Waals surface area contributed by atoms with Crippen LogP contribution in [0.1, 0.15) is 5.56 Å². The fourth-order valence-corrected chi connectivity index (χ4v) is 4.47. The number of anilines is 2. The van der Waals surface area contributed by atoms with Crippen molar-refractivity contribution in [2.75, 3.05) is 4.90 Å². The summed E-state index contributed by atoms with van der Waals surface area (Å²) in [5.41, 5.74) is 8.48. The highest BCUT2D eigenvalue weighted by Gasteiger charge is 2.13. The second-order valence-corrected chi connectivity index (χ2v) is 8.86. The van der Waals surface area contributed by atoms with Gasteiger partial charge >= 0.3 is 0 Å². The van der Waals surface area contributed by atoms with Crippen LogP contribution in [0.2, 0.25) is 0 Å². The Bertz CT molecular complexity index is 1230. The van der Waals surface area contributed by atoms with Gasteiger partial charge in [-0.15, -0.1) is 0 Å². The van der Waals surface area contributed by atoms with Crippen LogP contribution in [0.5, 0.6) is 0 Å². The molecule has 0 aromatic heterocycles. The quantitative estimate of drug-likeness (QED) is 0.229. The maximum atomic E-state index is 3.73. The van der Waals surface area contributed by atoms with Crippen molar-refractivity contribution in [2.45, 2.75) is 6.54 Å². The maximum absolute atomic E-state index is 3.73. The van der Waals surface area contributed by atoms with Gasteiger partial charge in [0.25, 0.3) is 0 Å². The molecule has 2 heteroatoms. The van der Waals surface area contributed by atoms with Gasteiger partial charge in [0, 0.05) is 22.4 Å². The fourth-order valence-electron chi connectivity index (χ4n) is 4.06. The summed E-state index contributed by atoms with van der Waals surface area (Å²) in [7, 11) is 0. The highest BCUT2D eigenvalue weighted by molar-refractivity contribution is 9.10. The molecule has 5 aromatic carbocycles. The molecule has 160 valence electrons. The Balaban J connectivity index is 1.50. The first-order valence-electron chi connectivity index (χ1n) is 11.1. The minimum atomic E-state index is 0.775. The summed E-state index contributed by atoms with van der Waals surface area (Å²) in [6.45, 7) is 0.775. The van der Waals surface area contributed by atoms with E-state index in [9.17, 15) is 0 Å². The third kappa shape index (κ3) is 4.92. The molecule has 0 atom stereocenters. The molecule has 0 bridgehead atoms.